The molecule has 0 atom stereocenters. The van der Waals surface area contributed by atoms with E-state index in [1.54, 1.807) is 18.1 Å². The Hall–Kier alpha value is -2.67. The molecule has 1 fully saturated rings. The summed E-state index contributed by atoms with van der Waals surface area (Å²) >= 11 is 0. The fraction of sp³-hybridized carbons (Fsp3) is 0.389. The molecule has 25 heavy (non-hydrogen) atoms. The van der Waals surface area contributed by atoms with Gasteiger partial charge in [-0.3, -0.25) is 4.79 Å². The minimum absolute atomic E-state index is 0.0888. The molecule has 132 valence electrons. The third kappa shape index (κ3) is 4.24. The van der Waals surface area contributed by atoms with Crippen molar-refractivity contribution < 1.29 is 14.3 Å². The number of hydrogen-bond donors (Lipinski definition) is 1. The van der Waals surface area contributed by atoms with Crippen LogP contribution >= 0.6 is 0 Å². The number of aromatic nitrogens is 2. The Morgan fingerprint density at radius 2 is 2.04 bits per heavy atom. The van der Waals surface area contributed by atoms with E-state index in [9.17, 15) is 4.79 Å². The van der Waals surface area contributed by atoms with Crippen molar-refractivity contribution in [2.24, 2.45) is 0 Å². The van der Waals surface area contributed by atoms with Crippen molar-refractivity contribution in [1.82, 2.24) is 14.9 Å². The Morgan fingerprint density at radius 1 is 1.28 bits per heavy atom. The van der Waals surface area contributed by atoms with E-state index in [0.29, 0.717) is 44.5 Å². The van der Waals surface area contributed by atoms with Crippen LogP contribution in [-0.4, -0.2) is 54.2 Å². The Balaban J connectivity index is 1.74. The first-order chi connectivity index (χ1) is 12.2. The van der Waals surface area contributed by atoms with Gasteiger partial charge in [0, 0.05) is 30.9 Å². The fourth-order valence-electron chi connectivity index (χ4n) is 2.71. The van der Waals surface area contributed by atoms with Gasteiger partial charge in [0.2, 0.25) is 5.95 Å². The minimum Gasteiger partial charge on any atom is -0.496 e. The summed E-state index contributed by atoms with van der Waals surface area (Å²) in [5.41, 5.74) is 2.14. The monoisotopic (exact) mass is 342 g/mol. The van der Waals surface area contributed by atoms with Crippen molar-refractivity contribution in [2.75, 3.05) is 38.7 Å². The van der Waals surface area contributed by atoms with Gasteiger partial charge < -0.3 is 19.7 Å². The third-order valence-corrected chi connectivity index (χ3v) is 4.00. The molecule has 0 spiro atoms. The van der Waals surface area contributed by atoms with Gasteiger partial charge in [-0.2, -0.15) is 0 Å². The Kier molecular flexibility index (Phi) is 5.45. The van der Waals surface area contributed by atoms with E-state index in [-0.39, 0.29) is 5.91 Å². The smallest absolute Gasteiger partial charge is 0.272 e. The highest BCUT2D eigenvalue weighted by Crippen LogP contribution is 2.18. The molecule has 0 bridgehead atoms. The van der Waals surface area contributed by atoms with Gasteiger partial charge in [0.15, 0.2) is 0 Å². The number of anilines is 1. The van der Waals surface area contributed by atoms with Gasteiger partial charge in [-0.15, -0.1) is 0 Å². The van der Waals surface area contributed by atoms with E-state index in [2.05, 4.69) is 15.3 Å². The van der Waals surface area contributed by atoms with Gasteiger partial charge in [0.25, 0.3) is 5.91 Å². The summed E-state index contributed by atoms with van der Waals surface area (Å²) in [6.45, 7) is 4.67. The Morgan fingerprint density at radius 3 is 2.80 bits per heavy atom. The molecular weight excluding hydrogens is 320 g/mol. The van der Waals surface area contributed by atoms with Crippen LogP contribution in [0.2, 0.25) is 0 Å². The van der Waals surface area contributed by atoms with Crippen molar-refractivity contribution in [3.63, 3.8) is 0 Å². The van der Waals surface area contributed by atoms with Gasteiger partial charge in [-0.1, -0.05) is 18.2 Å². The largest absolute Gasteiger partial charge is 0.496 e. The number of benzene rings is 1. The van der Waals surface area contributed by atoms with Crippen LogP contribution in [0.5, 0.6) is 5.75 Å². The molecule has 1 amide bonds. The van der Waals surface area contributed by atoms with Crippen molar-refractivity contribution >= 4 is 11.9 Å². The van der Waals surface area contributed by atoms with Gasteiger partial charge in [0.1, 0.15) is 11.4 Å². The minimum atomic E-state index is -0.0888. The highest BCUT2D eigenvalue weighted by molar-refractivity contribution is 5.92. The molecule has 1 N–H and O–H groups in total. The summed E-state index contributed by atoms with van der Waals surface area (Å²) in [5.74, 6) is 1.14. The molecule has 0 unspecified atom stereocenters. The molecule has 0 radical (unpaired) electrons. The summed E-state index contributed by atoms with van der Waals surface area (Å²) in [5, 5.41) is 3.18. The number of para-hydroxylation sites is 1. The van der Waals surface area contributed by atoms with Crippen molar-refractivity contribution in [1.29, 1.82) is 0 Å². The molecule has 1 aromatic heterocycles. The number of ether oxygens (including phenoxy) is 2. The van der Waals surface area contributed by atoms with E-state index >= 15 is 0 Å². The van der Waals surface area contributed by atoms with Crippen LogP contribution in [0.15, 0.2) is 30.3 Å². The summed E-state index contributed by atoms with van der Waals surface area (Å²) in [6.07, 6.45) is 0. The molecule has 1 saturated heterocycles. The highest BCUT2D eigenvalue weighted by Gasteiger charge is 2.20. The lowest BCUT2D eigenvalue weighted by Gasteiger charge is -2.26. The van der Waals surface area contributed by atoms with E-state index < -0.39 is 0 Å². The molecule has 2 aromatic rings. The molecule has 2 heterocycles. The number of hydrogen-bond acceptors (Lipinski definition) is 6. The molecule has 1 aliphatic heterocycles. The molecule has 0 saturated carbocycles. The standard InChI is InChI=1S/C18H22N4O3/c1-13-11-15(17(23)22-7-9-25-10-8-22)21-18(20-13)19-12-14-5-3-4-6-16(14)24-2/h3-6,11H,7-10,12H2,1-2H3,(H,19,20,21). The molecule has 7 heteroatoms. The van der Waals surface area contributed by atoms with Crippen molar-refractivity contribution in [3.05, 3.63) is 47.3 Å². The predicted molar refractivity (Wildman–Crippen MR) is 93.8 cm³/mol. The second-order valence-corrected chi connectivity index (χ2v) is 5.79. The topological polar surface area (TPSA) is 76.6 Å². The van der Waals surface area contributed by atoms with Crippen LogP contribution < -0.4 is 10.1 Å². The van der Waals surface area contributed by atoms with Gasteiger partial charge in [-0.05, 0) is 19.1 Å². The SMILES string of the molecule is COc1ccccc1CNc1nc(C)cc(C(=O)N2CCOCC2)n1. The van der Waals surface area contributed by atoms with Crippen LogP contribution in [0.1, 0.15) is 21.7 Å². The lowest BCUT2D eigenvalue weighted by atomic mass is 10.2. The van der Waals surface area contributed by atoms with Crippen molar-refractivity contribution in [3.8, 4) is 5.75 Å². The maximum atomic E-state index is 12.6. The summed E-state index contributed by atoms with van der Waals surface area (Å²) < 4.78 is 10.6. The van der Waals surface area contributed by atoms with E-state index in [4.69, 9.17) is 9.47 Å². The second kappa shape index (κ2) is 7.94. The zero-order valence-corrected chi connectivity index (χ0v) is 14.5. The Labute approximate surface area is 147 Å². The average molecular weight is 342 g/mol. The lowest BCUT2D eigenvalue weighted by Crippen LogP contribution is -2.41. The molecule has 0 aliphatic carbocycles. The zero-order valence-electron chi connectivity index (χ0n) is 14.5. The van der Waals surface area contributed by atoms with E-state index in [1.165, 1.54) is 0 Å². The number of nitrogens with one attached hydrogen (secondary N) is 1. The second-order valence-electron chi connectivity index (χ2n) is 5.79. The third-order valence-electron chi connectivity index (χ3n) is 4.00. The van der Waals surface area contributed by atoms with Gasteiger partial charge in [0.05, 0.1) is 20.3 Å². The number of rotatable bonds is 5. The zero-order chi connectivity index (χ0) is 17.6. The fourth-order valence-corrected chi connectivity index (χ4v) is 2.71. The molecule has 3 rings (SSSR count). The van der Waals surface area contributed by atoms with E-state index in [0.717, 1.165) is 17.0 Å². The summed E-state index contributed by atoms with van der Waals surface area (Å²) in [7, 11) is 1.64. The predicted octanol–water partition coefficient (Wildman–Crippen LogP) is 1.88. The number of carbonyl (C=O) groups excluding carboxylic acids is 1. The van der Waals surface area contributed by atoms with Crippen LogP contribution in [0.3, 0.4) is 0 Å². The molecule has 7 nitrogen and oxygen atoms in total. The van der Waals surface area contributed by atoms with Crippen LogP contribution in [0, 0.1) is 6.92 Å². The number of aryl methyl sites for hydroxylation is 1. The normalized spacial score (nSPS) is 14.2. The molecule has 1 aromatic carbocycles. The lowest BCUT2D eigenvalue weighted by molar-refractivity contribution is 0.0299. The first kappa shape index (κ1) is 17.2. The number of nitrogens with zero attached hydrogens (tertiary/aromatic N) is 3. The van der Waals surface area contributed by atoms with E-state index in [1.807, 2.05) is 31.2 Å². The maximum absolute atomic E-state index is 12.6. The highest BCUT2D eigenvalue weighted by atomic mass is 16.5. The first-order valence-corrected chi connectivity index (χ1v) is 8.26. The first-order valence-electron chi connectivity index (χ1n) is 8.26. The average Bonchev–Trinajstić information content (AvgIpc) is 2.66. The van der Waals surface area contributed by atoms with Gasteiger partial charge >= 0.3 is 0 Å². The number of carbonyl (C=O) groups is 1. The number of amides is 1. The van der Waals surface area contributed by atoms with Crippen LogP contribution in [0.25, 0.3) is 0 Å². The van der Waals surface area contributed by atoms with Crippen molar-refractivity contribution in [2.45, 2.75) is 13.5 Å². The number of morpholine rings is 1. The molecule has 1 aliphatic rings. The summed E-state index contributed by atoms with van der Waals surface area (Å²) in [6, 6.07) is 9.46. The van der Waals surface area contributed by atoms with Crippen LogP contribution in [-0.2, 0) is 11.3 Å². The quantitative estimate of drug-likeness (QED) is 0.894. The van der Waals surface area contributed by atoms with Gasteiger partial charge in [-0.25, -0.2) is 9.97 Å². The Bertz CT molecular complexity index is 745. The van der Waals surface area contributed by atoms with Crippen LogP contribution in [0.4, 0.5) is 5.95 Å². The molecular formula is C18H22N4O3. The number of methoxy groups -OCH3 is 1. The summed E-state index contributed by atoms with van der Waals surface area (Å²) in [4.78, 5) is 23.1. The maximum Gasteiger partial charge on any atom is 0.272 e.